The summed E-state index contributed by atoms with van der Waals surface area (Å²) in [5.74, 6) is -0.107. The minimum absolute atomic E-state index is 0. The first-order valence-corrected chi connectivity index (χ1v) is 6.95. The number of amides is 1. The lowest BCUT2D eigenvalue weighted by Gasteiger charge is -2.20. The zero-order chi connectivity index (χ0) is 13.2. The molecule has 3 N–H and O–H groups in total. The number of nitrogens with one attached hydrogen (secondary N) is 3. The molecule has 1 fully saturated rings. The lowest BCUT2D eigenvalue weighted by atomic mass is 10.1. The maximum atomic E-state index is 12.3. The molecule has 0 aliphatic carbocycles. The van der Waals surface area contributed by atoms with Gasteiger partial charge in [-0.2, -0.15) is 5.10 Å². The molecule has 6 nitrogen and oxygen atoms in total. The van der Waals surface area contributed by atoms with Gasteiger partial charge >= 0.3 is 0 Å². The fraction of sp³-hybridized carbons (Fsp3) is 0.692. The number of fused-ring (bicyclic) bond motifs is 1. The minimum atomic E-state index is -0.107. The number of aromatic nitrogens is 2. The molecule has 1 aromatic rings. The van der Waals surface area contributed by atoms with E-state index in [0.29, 0.717) is 12.2 Å². The van der Waals surface area contributed by atoms with Crippen molar-refractivity contribution in [1.82, 2.24) is 20.8 Å². The van der Waals surface area contributed by atoms with Crippen LogP contribution in [0.15, 0.2) is 0 Å². The summed E-state index contributed by atoms with van der Waals surface area (Å²) in [6, 6.07) is 0.0268. The quantitative estimate of drug-likeness (QED) is 0.770. The second-order valence-corrected chi connectivity index (χ2v) is 5.27. The molecular formula is C13H21ClN4O2. The molecule has 0 saturated carbocycles. The number of hydrogen-bond donors (Lipinski definition) is 3. The maximum Gasteiger partial charge on any atom is 0.272 e. The van der Waals surface area contributed by atoms with Crippen LogP contribution in [0.5, 0.6) is 0 Å². The van der Waals surface area contributed by atoms with Crippen molar-refractivity contribution in [3.05, 3.63) is 17.0 Å². The first-order chi connectivity index (χ1) is 9.25. The van der Waals surface area contributed by atoms with E-state index in [1.165, 1.54) is 0 Å². The maximum absolute atomic E-state index is 12.3. The summed E-state index contributed by atoms with van der Waals surface area (Å²) in [6.07, 6.45) is 3.13. The molecule has 0 spiro atoms. The first kappa shape index (κ1) is 15.3. The van der Waals surface area contributed by atoms with Gasteiger partial charge in [-0.05, 0) is 19.8 Å². The van der Waals surface area contributed by atoms with Gasteiger partial charge in [0.15, 0.2) is 5.69 Å². The van der Waals surface area contributed by atoms with Gasteiger partial charge in [-0.3, -0.25) is 9.89 Å². The molecule has 1 saturated heterocycles. The van der Waals surface area contributed by atoms with Crippen molar-refractivity contribution in [2.75, 3.05) is 13.2 Å². The topological polar surface area (TPSA) is 79.0 Å². The molecule has 0 bridgehead atoms. The van der Waals surface area contributed by atoms with Crippen molar-refractivity contribution in [2.45, 2.75) is 44.9 Å². The Labute approximate surface area is 124 Å². The predicted molar refractivity (Wildman–Crippen MR) is 77.1 cm³/mol. The number of carbonyl (C=O) groups is 1. The van der Waals surface area contributed by atoms with Gasteiger partial charge in [0.2, 0.25) is 0 Å². The van der Waals surface area contributed by atoms with Crippen molar-refractivity contribution >= 4 is 18.3 Å². The predicted octanol–water partition coefficient (Wildman–Crippen LogP) is 0.774. The molecule has 7 heteroatoms. The van der Waals surface area contributed by atoms with E-state index in [1.54, 1.807) is 0 Å². The van der Waals surface area contributed by atoms with Crippen LogP contribution >= 0.6 is 12.4 Å². The summed E-state index contributed by atoms with van der Waals surface area (Å²) in [5.41, 5.74) is 2.60. The molecular weight excluding hydrogens is 280 g/mol. The SMILES string of the molecule is CC(NC(=O)c1n[nH]c2c1CNCC2)C1CCCO1.Cl. The standard InChI is InChI=1S/C13H20N4O2.ClH/c1-8(11-3-2-6-19-11)15-13(18)12-9-7-14-5-4-10(9)16-17-12;/h8,11,14H,2-7H2,1H3,(H,15,18)(H,16,17);1H. The monoisotopic (exact) mass is 300 g/mol. The Morgan fingerprint density at radius 1 is 1.55 bits per heavy atom. The third kappa shape index (κ3) is 2.97. The zero-order valence-corrected chi connectivity index (χ0v) is 12.4. The third-order valence-corrected chi connectivity index (χ3v) is 3.90. The highest BCUT2D eigenvalue weighted by molar-refractivity contribution is 5.94. The van der Waals surface area contributed by atoms with Gasteiger partial charge in [-0.15, -0.1) is 12.4 Å². The summed E-state index contributed by atoms with van der Waals surface area (Å²) in [4.78, 5) is 12.3. The Morgan fingerprint density at radius 3 is 3.15 bits per heavy atom. The molecule has 2 atom stereocenters. The number of aromatic amines is 1. The number of H-pyrrole nitrogens is 1. The second kappa shape index (κ2) is 6.56. The summed E-state index contributed by atoms with van der Waals surface area (Å²) in [6.45, 7) is 4.43. The Morgan fingerprint density at radius 2 is 2.40 bits per heavy atom. The molecule has 1 aromatic heterocycles. The van der Waals surface area contributed by atoms with Crippen molar-refractivity contribution in [3.8, 4) is 0 Å². The number of rotatable bonds is 3. The van der Waals surface area contributed by atoms with E-state index in [2.05, 4.69) is 20.8 Å². The number of nitrogens with zero attached hydrogens (tertiary/aromatic N) is 1. The van der Waals surface area contributed by atoms with Crippen LogP contribution in [0.1, 0.15) is 41.5 Å². The van der Waals surface area contributed by atoms with E-state index >= 15 is 0 Å². The first-order valence-electron chi connectivity index (χ1n) is 6.95. The van der Waals surface area contributed by atoms with Crippen molar-refractivity contribution in [1.29, 1.82) is 0 Å². The van der Waals surface area contributed by atoms with Crippen LogP contribution in [0.25, 0.3) is 0 Å². The van der Waals surface area contributed by atoms with E-state index < -0.39 is 0 Å². The fourth-order valence-electron chi connectivity index (χ4n) is 2.78. The van der Waals surface area contributed by atoms with Gasteiger partial charge in [-0.25, -0.2) is 0 Å². The summed E-state index contributed by atoms with van der Waals surface area (Å²) >= 11 is 0. The van der Waals surface area contributed by atoms with Gasteiger partial charge in [0.05, 0.1) is 12.1 Å². The number of hydrogen-bond acceptors (Lipinski definition) is 4. The Bertz CT molecular complexity index is 471. The van der Waals surface area contributed by atoms with Crippen molar-refractivity contribution in [2.24, 2.45) is 0 Å². The highest BCUT2D eigenvalue weighted by atomic mass is 35.5. The number of carbonyl (C=O) groups excluding carboxylic acids is 1. The molecule has 0 radical (unpaired) electrons. The second-order valence-electron chi connectivity index (χ2n) is 5.27. The van der Waals surface area contributed by atoms with Gasteiger partial charge in [-0.1, -0.05) is 0 Å². The molecule has 2 aliphatic rings. The molecule has 0 aromatic carbocycles. The van der Waals surface area contributed by atoms with E-state index in [4.69, 9.17) is 4.74 Å². The number of halogens is 1. The molecule has 3 rings (SSSR count). The molecule has 20 heavy (non-hydrogen) atoms. The van der Waals surface area contributed by atoms with Crippen LogP contribution in [0.2, 0.25) is 0 Å². The molecule has 1 amide bonds. The summed E-state index contributed by atoms with van der Waals surface area (Å²) in [5, 5.41) is 13.4. The largest absolute Gasteiger partial charge is 0.376 e. The molecule has 2 unspecified atom stereocenters. The van der Waals surface area contributed by atoms with Crippen LogP contribution < -0.4 is 10.6 Å². The Hall–Kier alpha value is -1.11. The van der Waals surface area contributed by atoms with E-state index in [0.717, 1.165) is 43.7 Å². The van der Waals surface area contributed by atoms with Gasteiger partial charge in [0.1, 0.15) is 0 Å². The minimum Gasteiger partial charge on any atom is -0.376 e. The average molecular weight is 301 g/mol. The van der Waals surface area contributed by atoms with E-state index in [9.17, 15) is 4.79 Å². The zero-order valence-electron chi connectivity index (χ0n) is 11.6. The van der Waals surface area contributed by atoms with E-state index in [1.807, 2.05) is 6.92 Å². The van der Waals surface area contributed by atoms with Crippen LogP contribution in [-0.4, -0.2) is 41.4 Å². The smallest absolute Gasteiger partial charge is 0.272 e. The van der Waals surface area contributed by atoms with Crippen LogP contribution in [0.3, 0.4) is 0 Å². The van der Waals surface area contributed by atoms with E-state index in [-0.39, 0.29) is 30.5 Å². The lowest BCUT2D eigenvalue weighted by Crippen LogP contribution is -2.41. The van der Waals surface area contributed by atoms with Gasteiger partial charge in [0, 0.05) is 37.4 Å². The van der Waals surface area contributed by atoms with Gasteiger partial charge < -0.3 is 15.4 Å². The molecule has 112 valence electrons. The van der Waals surface area contributed by atoms with Crippen molar-refractivity contribution in [3.63, 3.8) is 0 Å². The summed E-state index contributed by atoms with van der Waals surface area (Å²) in [7, 11) is 0. The molecule has 3 heterocycles. The Balaban J connectivity index is 0.00000147. The summed E-state index contributed by atoms with van der Waals surface area (Å²) < 4.78 is 5.59. The van der Waals surface area contributed by atoms with Gasteiger partial charge in [0.25, 0.3) is 5.91 Å². The lowest BCUT2D eigenvalue weighted by molar-refractivity contribution is 0.0709. The van der Waals surface area contributed by atoms with Crippen LogP contribution in [0, 0.1) is 0 Å². The van der Waals surface area contributed by atoms with Crippen LogP contribution in [0.4, 0.5) is 0 Å². The highest BCUT2D eigenvalue weighted by Crippen LogP contribution is 2.18. The molecule has 2 aliphatic heterocycles. The van der Waals surface area contributed by atoms with Crippen molar-refractivity contribution < 1.29 is 9.53 Å². The number of ether oxygens (including phenoxy) is 1. The van der Waals surface area contributed by atoms with Crippen LogP contribution in [-0.2, 0) is 17.7 Å². The normalized spacial score (nSPS) is 22.8. The fourth-order valence-corrected chi connectivity index (χ4v) is 2.78. The third-order valence-electron chi connectivity index (χ3n) is 3.90. The Kier molecular flexibility index (Phi) is 5.01. The average Bonchev–Trinajstić information content (AvgIpc) is 3.08. The highest BCUT2D eigenvalue weighted by Gasteiger charge is 2.27.